The summed E-state index contributed by atoms with van der Waals surface area (Å²) in [6, 6.07) is 2.81. The van der Waals surface area contributed by atoms with Crippen molar-refractivity contribution in [3.63, 3.8) is 0 Å². The SMILES string of the molecule is CCC(C)(C)C1CCC2(CC1)NC(=O)N(CC(=O)NCC(=O)Nc1cccnc1)C2=O. The van der Waals surface area contributed by atoms with E-state index < -0.39 is 29.9 Å². The molecule has 3 rings (SSSR count). The van der Waals surface area contributed by atoms with Gasteiger partial charge in [0.1, 0.15) is 12.1 Å². The summed E-state index contributed by atoms with van der Waals surface area (Å²) in [6.07, 6.45) is 7.02. The highest BCUT2D eigenvalue weighted by atomic mass is 16.2. The van der Waals surface area contributed by atoms with E-state index in [2.05, 4.69) is 41.7 Å². The maximum absolute atomic E-state index is 13.0. The summed E-state index contributed by atoms with van der Waals surface area (Å²) in [7, 11) is 0. The van der Waals surface area contributed by atoms with Gasteiger partial charge in [-0.05, 0) is 49.1 Å². The Morgan fingerprint density at radius 1 is 1.26 bits per heavy atom. The number of nitrogens with one attached hydrogen (secondary N) is 3. The molecule has 9 heteroatoms. The zero-order chi connectivity index (χ0) is 22.6. The summed E-state index contributed by atoms with van der Waals surface area (Å²) < 4.78 is 0. The molecule has 3 N–H and O–H groups in total. The highest BCUT2D eigenvalue weighted by Crippen LogP contribution is 2.45. The first-order chi connectivity index (χ1) is 14.7. The molecule has 1 saturated heterocycles. The third-order valence-electron chi connectivity index (χ3n) is 6.79. The van der Waals surface area contributed by atoms with Crippen molar-refractivity contribution >= 4 is 29.4 Å². The zero-order valence-electron chi connectivity index (χ0n) is 18.4. The molecule has 1 aliphatic carbocycles. The molecule has 0 unspecified atom stereocenters. The molecular formula is C22H31N5O4. The number of pyridine rings is 1. The summed E-state index contributed by atoms with van der Waals surface area (Å²) in [6.45, 7) is 5.98. The molecule has 2 aliphatic rings. The standard InChI is InChI=1S/C22H31N5O4/c1-4-21(2,3)15-7-9-22(10-8-15)19(30)27(20(31)26-22)14-18(29)24-13-17(28)25-16-6-5-11-23-12-16/h5-6,11-12,15H,4,7-10,13-14H2,1-3H3,(H,24,29)(H,25,28)(H,26,31). The third-order valence-corrected chi connectivity index (χ3v) is 6.79. The van der Waals surface area contributed by atoms with Crippen LogP contribution < -0.4 is 16.0 Å². The van der Waals surface area contributed by atoms with Crippen molar-refractivity contribution in [2.24, 2.45) is 11.3 Å². The van der Waals surface area contributed by atoms with Crippen LogP contribution in [-0.4, -0.2) is 52.3 Å². The van der Waals surface area contributed by atoms with E-state index in [9.17, 15) is 19.2 Å². The highest BCUT2D eigenvalue weighted by molar-refractivity contribution is 6.09. The Morgan fingerprint density at radius 2 is 1.97 bits per heavy atom. The molecule has 0 aromatic carbocycles. The Kier molecular flexibility index (Phi) is 6.62. The minimum atomic E-state index is -0.907. The van der Waals surface area contributed by atoms with E-state index in [0.29, 0.717) is 24.4 Å². The van der Waals surface area contributed by atoms with Gasteiger partial charge in [0, 0.05) is 6.20 Å². The molecule has 2 fully saturated rings. The largest absolute Gasteiger partial charge is 0.345 e. The molecular weight excluding hydrogens is 398 g/mol. The van der Waals surface area contributed by atoms with E-state index in [1.807, 2.05) is 0 Å². The van der Waals surface area contributed by atoms with Crippen LogP contribution in [0, 0.1) is 11.3 Å². The van der Waals surface area contributed by atoms with Crippen LogP contribution in [-0.2, 0) is 14.4 Å². The van der Waals surface area contributed by atoms with E-state index in [-0.39, 0.29) is 17.9 Å². The Labute approximate surface area is 182 Å². The zero-order valence-corrected chi connectivity index (χ0v) is 18.4. The molecule has 0 bridgehead atoms. The maximum Gasteiger partial charge on any atom is 0.325 e. The van der Waals surface area contributed by atoms with Crippen LogP contribution in [0.1, 0.15) is 52.9 Å². The van der Waals surface area contributed by atoms with Crippen molar-refractivity contribution in [1.29, 1.82) is 0 Å². The van der Waals surface area contributed by atoms with Crippen LogP contribution >= 0.6 is 0 Å². The van der Waals surface area contributed by atoms with Gasteiger partial charge in [-0.3, -0.25) is 24.3 Å². The number of hydrogen-bond acceptors (Lipinski definition) is 5. The van der Waals surface area contributed by atoms with Gasteiger partial charge in [-0.25, -0.2) is 4.79 Å². The average Bonchev–Trinajstić information content (AvgIpc) is 2.97. The van der Waals surface area contributed by atoms with Crippen LogP contribution in [0.25, 0.3) is 0 Å². The fourth-order valence-electron chi connectivity index (χ4n) is 4.36. The normalized spacial score (nSPS) is 23.6. The number of anilines is 1. The lowest BCUT2D eigenvalue weighted by Gasteiger charge is -2.42. The number of imide groups is 1. The Bertz CT molecular complexity index is 847. The van der Waals surface area contributed by atoms with Crippen LogP contribution in [0.5, 0.6) is 0 Å². The van der Waals surface area contributed by atoms with Gasteiger partial charge in [0.05, 0.1) is 18.4 Å². The molecule has 1 aromatic heterocycles. The Hall–Kier alpha value is -2.97. The van der Waals surface area contributed by atoms with Gasteiger partial charge in [-0.2, -0.15) is 0 Å². The van der Waals surface area contributed by atoms with E-state index >= 15 is 0 Å². The predicted octanol–water partition coefficient (Wildman–Crippen LogP) is 2.05. The number of rotatable bonds is 7. The van der Waals surface area contributed by atoms with E-state index in [4.69, 9.17) is 0 Å². The molecule has 9 nitrogen and oxygen atoms in total. The molecule has 0 radical (unpaired) electrons. The minimum absolute atomic E-state index is 0.198. The van der Waals surface area contributed by atoms with Crippen molar-refractivity contribution in [2.45, 2.75) is 58.4 Å². The van der Waals surface area contributed by atoms with Gasteiger partial charge in [-0.15, -0.1) is 0 Å². The first-order valence-electron chi connectivity index (χ1n) is 10.8. The fraction of sp³-hybridized carbons (Fsp3) is 0.591. The lowest BCUT2D eigenvalue weighted by Crippen LogP contribution is -2.51. The quantitative estimate of drug-likeness (QED) is 0.573. The first-order valence-corrected chi connectivity index (χ1v) is 10.8. The lowest BCUT2D eigenvalue weighted by atomic mass is 9.65. The van der Waals surface area contributed by atoms with Crippen molar-refractivity contribution in [3.8, 4) is 0 Å². The second-order valence-electron chi connectivity index (χ2n) is 9.09. The molecule has 1 spiro atoms. The Balaban J connectivity index is 1.51. The van der Waals surface area contributed by atoms with Crippen LogP contribution in [0.2, 0.25) is 0 Å². The van der Waals surface area contributed by atoms with Crippen molar-refractivity contribution in [2.75, 3.05) is 18.4 Å². The smallest absolute Gasteiger partial charge is 0.325 e. The summed E-state index contributed by atoms with van der Waals surface area (Å²) >= 11 is 0. The second kappa shape index (κ2) is 9.03. The average molecular weight is 430 g/mol. The molecule has 2 heterocycles. The lowest BCUT2D eigenvalue weighted by molar-refractivity contribution is -0.136. The molecule has 0 atom stereocenters. The maximum atomic E-state index is 13.0. The van der Waals surface area contributed by atoms with Gasteiger partial charge >= 0.3 is 6.03 Å². The first kappa shape index (κ1) is 22.7. The minimum Gasteiger partial charge on any atom is -0.345 e. The van der Waals surface area contributed by atoms with Crippen LogP contribution in [0.3, 0.4) is 0 Å². The molecule has 1 aromatic rings. The highest BCUT2D eigenvalue weighted by Gasteiger charge is 2.53. The molecule has 5 amide bonds. The summed E-state index contributed by atoms with van der Waals surface area (Å²) in [5.74, 6) is -0.835. The van der Waals surface area contributed by atoms with E-state index in [1.165, 1.54) is 6.20 Å². The van der Waals surface area contributed by atoms with Crippen molar-refractivity contribution in [1.82, 2.24) is 20.5 Å². The second-order valence-corrected chi connectivity index (χ2v) is 9.09. The Morgan fingerprint density at radius 3 is 2.58 bits per heavy atom. The summed E-state index contributed by atoms with van der Waals surface area (Å²) in [5.41, 5.74) is -0.196. The summed E-state index contributed by atoms with van der Waals surface area (Å²) in [5, 5.41) is 7.88. The van der Waals surface area contributed by atoms with E-state index in [1.54, 1.807) is 18.3 Å². The van der Waals surface area contributed by atoms with Crippen molar-refractivity contribution < 1.29 is 19.2 Å². The molecule has 31 heavy (non-hydrogen) atoms. The van der Waals surface area contributed by atoms with Crippen LogP contribution in [0.4, 0.5) is 10.5 Å². The fourth-order valence-corrected chi connectivity index (χ4v) is 4.36. The van der Waals surface area contributed by atoms with Gasteiger partial charge < -0.3 is 16.0 Å². The van der Waals surface area contributed by atoms with E-state index in [0.717, 1.165) is 24.2 Å². The van der Waals surface area contributed by atoms with Crippen molar-refractivity contribution in [3.05, 3.63) is 24.5 Å². The van der Waals surface area contributed by atoms with Crippen LogP contribution in [0.15, 0.2) is 24.5 Å². The number of hydrogen-bond donors (Lipinski definition) is 3. The molecule has 1 saturated carbocycles. The number of aromatic nitrogens is 1. The molecule has 168 valence electrons. The number of amides is 5. The monoisotopic (exact) mass is 429 g/mol. The van der Waals surface area contributed by atoms with Gasteiger partial charge in [0.25, 0.3) is 5.91 Å². The number of nitrogens with zero attached hydrogens (tertiary/aromatic N) is 2. The third kappa shape index (κ3) is 5.03. The summed E-state index contributed by atoms with van der Waals surface area (Å²) in [4.78, 5) is 54.5. The van der Waals surface area contributed by atoms with Gasteiger partial charge in [-0.1, -0.05) is 27.2 Å². The molecule has 1 aliphatic heterocycles. The van der Waals surface area contributed by atoms with Gasteiger partial charge in [0.15, 0.2) is 0 Å². The topological polar surface area (TPSA) is 120 Å². The predicted molar refractivity (Wildman–Crippen MR) is 115 cm³/mol. The number of urea groups is 1. The number of carbonyl (C=O) groups is 4. The number of carbonyl (C=O) groups excluding carboxylic acids is 4. The van der Waals surface area contributed by atoms with Gasteiger partial charge in [0.2, 0.25) is 11.8 Å².